The highest BCUT2D eigenvalue weighted by Gasteiger charge is 2.36. The van der Waals surface area contributed by atoms with E-state index < -0.39 is 5.60 Å². The fraction of sp³-hybridized carbons (Fsp3) is 0.619. The summed E-state index contributed by atoms with van der Waals surface area (Å²) in [5, 5.41) is 3.54. The Labute approximate surface area is 185 Å². The van der Waals surface area contributed by atoms with E-state index >= 15 is 0 Å². The van der Waals surface area contributed by atoms with Gasteiger partial charge in [-0.2, -0.15) is 0 Å². The number of guanidine groups is 1. The summed E-state index contributed by atoms with van der Waals surface area (Å²) >= 11 is 0. The third-order valence-electron chi connectivity index (χ3n) is 5.10. The maximum absolute atomic E-state index is 12.3. The van der Waals surface area contributed by atoms with Crippen molar-refractivity contribution in [1.29, 1.82) is 0 Å². The number of amides is 1. The van der Waals surface area contributed by atoms with Gasteiger partial charge in [0, 0.05) is 31.6 Å². The molecule has 1 fully saturated rings. The second-order valence-corrected chi connectivity index (χ2v) is 9.04. The second kappa shape index (κ2) is 8.88. The van der Waals surface area contributed by atoms with Crippen LogP contribution in [-0.4, -0.2) is 66.2 Å². The zero-order valence-corrected chi connectivity index (χ0v) is 19.9. The molecule has 2 heterocycles. The average molecular weight is 500 g/mol. The topological polar surface area (TPSA) is 57.2 Å². The highest BCUT2D eigenvalue weighted by Crippen LogP contribution is 2.23. The van der Waals surface area contributed by atoms with Gasteiger partial charge in [-0.25, -0.2) is 4.79 Å². The Morgan fingerprint density at radius 2 is 1.86 bits per heavy atom. The van der Waals surface area contributed by atoms with Gasteiger partial charge in [-0.05, 0) is 26.3 Å². The predicted octanol–water partition coefficient (Wildman–Crippen LogP) is 3.46. The first kappa shape index (κ1) is 22.8. The van der Waals surface area contributed by atoms with Crippen LogP contribution in [0.3, 0.4) is 0 Å². The molecule has 156 valence electrons. The fourth-order valence-electron chi connectivity index (χ4n) is 3.51. The van der Waals surface area contributed by atoms with Crippen molar-refractivity contribution in [2.45, 2.75) is 51.7 Å². The molecular formula is C21H33IN4O2. The molecule has 1 amide bonds. The molecule has 1 atom stereocenters. The lowest BCUT2D eigenvalue weighted by Gasteiger charge is -2.39. The van der Waals surface area contributed by atoms with Gasteiger partial charge in [0.05, 0.1) is 12.6 Å². The van der Waals surface area contributed by atoms with Crippen LogP contribution >= 0.6 is 24.0 Å². The van der Waals surface area contributed by atoms with Crippen molar-refractivity contribution < 1.29 is 9.53 Å². The van der Waals surface area contributed by atoms with Gasteiger partial charge in [-0.1, -0.05) is 44.2 Å². The van der Waals surface area contributed by atoms with Crippen LogP contribution < -0.4 is 5.32 Å². The number of carbonyl (C=O) groups excluding carboxylic acids is 1. The number of aliphatic imine (C=N–C) groups is 1. The van der Waals surface area contributed by atoms with Gasteiger partial charge in [-0.15, -0.1) is 24.0 Å². The minimum absolute atomic E-state index is 0. The number of benzene rings is 1. The van der Waals surface area contributed by atoms with Crippen molar-refractivity contribution in [2.24, 2.45) is 4.99 Å². The van der Waals surface area contributed by atoms with Crippen molar-refractivity contribution in [2.75, 3.05) is 32.7 Å². The molecule has 1 aromatic rings. The number of hydrogen-bond donors (Lipinski definition) is 1. The zero-order chi connectivity index (χ0) is 19.7. The van der Waals surface area contributed by atoms with Crippen molar-refractivity contribution in [3.8, 4) is 0 Å². The fourth-order valence-corrected chi connectivity index (χ4v) is 3.51. The molecule has 2 aliphatic heterocycles. The molecule has 0 aromatic heterocycles. The van der Waals surface area contributed by atoms with Crippen LogP contribution in [-0.2, 0) is 10.2 Å². The third-order valence-corrected chi connectivity index (χ3v) is 5.10. The van der Waals surface area contributed by atoms with Crippen LogP contribution in [0, 0.1) is 0 Å². The van der Waals surface area contributed by atoms with E-state index in [1.165, 1.54) is 5.56 Å². The second-order valence-electron chi connectivity index (χ2n) is 9.04. The number of nitrogens with zero attached hydrogens (tertiary/aromatic N) is 3. The predicted molar refractivity (Wildman–Crippen MR) is 123 cm³/mol. The SMILES string of the molecule is CC(C)(C)OC(=O)N1CCN2C(NCC(C)(C)c3ccccc3)=NCC2C1.I. The summed E-state index contributed by atoms with van der Waals surface area (Å²) in [6.45, 7) is 13.8. The standard InChI is InChI=1S/C21H32N4O2.HI/c1-20(2,3)27-19(26)24-11-12-25-17(14-24)13-22-18(25)23-15-21(4,5)16-9-7-6-8-10-16;/h6-10,17H,11-15H2,1-5H3,(H,22,23);1H. The summed E-state index contributed by atoms with van der Waals surface area (Å²) in [4.78, 5) is 21.1. The van der Waals surface area contributed by atoms with Crippen molar-refractivity contribution in [3.05, 3.63) is 35.9 Å². The van der Waals surface area contributed by atoms with E-state index in [0.29, 0.717) is 19.6 Å². The molecule has 1 N–H and O–H groups in total. The number of hydrogen-bond acceptors (Lipinski definition) is 5. The minimum Gasteiger partial charge on any atom is -0.444 e. The number of rotatable bonds is 3. The Bertz CT molecular complexity index is 700. The monoisotopic (exact) mass is 500 g/mol. The molecule has 2 aliphatic rings. The number of fused-ring (bicyclic) bond motifs is 1. The largest absolute Gasteiger partial charge is 0.444 e. The lowest BCUT2D eigenvalue weighted by Crippen LogP contribution is -2.58. The van der Waals surface area contributed by atoms with Gasteiger partial charge in [0.15, 0.2) is 5.96 Å². The van der Waals surface area contributed by atoms with Crippen LogP contribution in [0.1, 0.15) is 40.2 Å². The lowest BCUT2D eigenvalue weighted by molar-refractivity contribution is 0.0137. The number of ether oxygens (including phenoxy) is 1. The first-order valence-electron chi connectivity index (χ1n) is 9.74. The smallest absolute Gasteiger partial charge is 0.410 e. The van der Waals surface area contributed by atoms with Gasteiger partial charge in [0.2, 0.25) is 0 Å². The van der Waals surface area contributed by atoms with E-state index in [2.05, 4.69) is 48.3 Å². The number of piperazine rings is 1. The summed E-state index contributed by atoms with van der Waals surface area (Å²) in [6, 6.07) is 10.8. The molecule has 1 saturated heterocycles. The quantitative estimate of drug-likeness (QED) is 0.647. The van der Waals surface area contributed by atoms with Crippen molar-refractivity contribution >= 4 is 36.0 Å². The normalized spacial score (nSPS) is 19.5. The number of halogens is 1. The van der Waals surface area contributed by atoms with Crippen LogP contribution in [0.15, 0.2) is 35.3 Å². The van der Waals surface area contributed by atoms with E-state index in [4.69, 9.17) is 9.73 Å². The molecule has 1 aromatic carbocycles. The number of nitrogens with one attached hydrogen (secondary N) is 1. The van der Waals surface area contributed by atoms with Gasteiger partial charge in [0.25, 0.3) is 0 Å². The Kier molecular flexibility index (Phi) is 7.22. The van der Waals surface area contributed by atoms with Crippen LogP contribution in [0.4, 0.5) is 4.79 Å². The first-order chi connectivity index (χ1) is 12.7. The molecule has 0 spiro atoms. The van der Waals surface area contributed by atoms with E-state index in [-0.39, 0.29) is 41.5 Å². The maximum atomic E-state index is 12.3. The van der Waals surface area contributed by atoms with Crippen molar-refractivity contribution in [1.82, 2.24) is 15.1 Å². The van der Waals surface area contributed by atoms with E-state index in [9.17, 15) is 4.79 Å². The van der Waals surface area contributed by atoms with E-state index in [1.807, 2.05) is 26.8 Å². The third kappa shape index (κ3) is 5.52. The molecule has 0 bridgehead atoms. The molecular weight excluding hydrogens is 467 g/mol. The van der Waals surface area contributed by atoms with Crippen LogP contribution in [0.5, 0.6) is 0 Å². The molecule has 6 nitrogen and oxygen atoms in total. The zero-order valence-electron chi connectivity index (χ0n) is 17.6. The van der Waals surface area contributed by atoms with E-state index in [0.717, 1.165) is 19.0 Å². The van der Waals surface area contributed by atoms with Gasteiger partial charge in [0.1, 0.15) is 5.60 Å². The van der Waals surface area contributed by atoms with Gasteiger partial charge < -0.3 is 19.9 Å². The Balaban J connectivity index is 0.00000280. The Morgan fingerprint density at radius 3 is 2.50 bits per heavy atom. The lowest BCUT2D eigenvalue weighted by atomic mass is 9.85. The summed E-state index contributed by atoms with van der Waals surface area (Å²) in [5.41, 5.74) is 0.860. The van der Waals surface area contributed by atoms with Crippen LogP contribution in [0.25, 0.3) is 0 Å². The van der Waals surface area contributed by atoms with Crippen LogP contribution in [0.2, 0.25) is 0 Å². The molecule has 3 rings (SSSR count). The highest BCUT2D eigenvalue weighted by molar-refractivity contribution is 14.0. The molecule has 28 heavy (non-hydrogen) atoms. The molecule has 0 radical (unpaired) electrons. The summed E-state index contributed by atoms with van der Waals surface area (Å²) in [7, 11) is 0. The summed E-state index contributed by atoms with van der Waals surface area (Å²) in [5.74, 6) is 0.952. The molecule has 7 heteroatoms. The van der Waals surface area contributed by atoms with Gasteiger partial charge in [-0.3, -0.25) is 4.99 Å². The Morgan fingerprint density at radius 1 is 1.18 bits per heavy atom. The maximum Gasteiger partial charge on any atom is 0.410 e. The van der Waals surface area contributed by atoms with E-state index in [1.54, 1.807) is 4.90 Å². The summed E-state index contributed by atoms with van der Waals surface area (Å²) < 4.78 is 5.51. The number of carbonyl (C=O) groups is 1. The Hall–Kier alpha value is -1.51. The van der Waals surface area contributed by atoms with Gasteiger partial charge >= 0.3 is 6.09 Å². The average Bonchev–Trinajstić information content (AvgIpc) is 3.02. The molecule has 1 unspecified atom stereocenters. The highest BCUT2D eigenvalue weighted by atomic mass is 127. The molecule has 0 saturated carbocycles. The summed E-state index contributed by atoms with van der Waals surface area (Å²) in [6.07, 6.45) is -0.228. The van der Waals surface area contributed by atoms with Crippen molar-refractivity contribution in [3.63, 3.8) is 0 Å². The molecule has 0 aliphatic carbocycles. The first-order valence-corrected chi connectivity index (χ1v) is 9.74. The minimum atomic E-state index is -0.462.